The molecule has 0 saturated carbocycles. The fraction of sp³-hybridized carbons (Fsp3) is 0.471. The number of nitrogens with zero attached hydrogens (tertiary/aromatic N) is 2. The van der Waals surface area contributed by atoms with Gasteiger partial charge in [0.05, 0.1) is 19.8 Å². The second-order valence-electron chi connectivity index (χ2n) is 5.86. The third-order valence-electron chi connectivity index (χ3n) is 4.19. The van der Waals surface area contributed by atoms with E-state index in [1.165, 1.54) is 4.90 Å². The fourth-order valence-electron chi connectivity index (χ4n) is 2.90. The molecule has 2 saturated heterocycles. The van der Waals surface area contributed by atoms with E-state index in [1.54, 1.807) is 4.90 Å². The maximum atomic E-state index is 12.6. The molecule has 2 aliphatic rings. The van der Waals surface area contributed by atoms with Crippen molar-refractivity contribution in [2.24, 2.45) is 0 Å². The molecule has 0 bridgehead atoms. The minimum atomic E-state index is -0.765. The Hall–Kier alpha value is -2.41. The van der Waals surface area contributed by atoms with Crippen molar-refractivity contribution in [1.82, 2.24) is 9.80 Å². The zero-order chi connectivity index (χ0) is 16.9. The van der Waals surface area contributed by atoms with Crippen LogP contribution in [0.2, 0.25) is 0 Å². The van der Waals surface area contributed by atoms with E-state index in [9.17, 15) is 14.4 Å². The summed E-state index contributed by atoms with van der Waals surface area (Å²) in [5, 5.41) is 0. The van der Waals surface area contributed by atoms with Crippen molar-refractivity contribution in [3.05, 3.63) is 35.9 Å². The molecular formula is C17H20N2O5. The minimum Gasteiger partial charge on any atom is -0.445 e. The Morgan fingerprint density at radius 2 is 1.88 bits per heavy atom. The smallest absolute Gasteiger partial charge is 0.411 e. The summed E-state index contributed by atoms with van der Waals surface area (Å²) in [6.07, 6.45) is -0.576. The van der Waals surface area contributed by atoms with Gasteiger partial charge in [-0.3, -0.25) is 14.5 Å². The van der Waals surface area contributed by atoms with Gasteiger partial charge in [0.2, 0.25) is 5.91 Å². The molecule has 2 aliphatic heterocycles. The standard InChI is InChI=1S/C17H20N2O5/c20-14-10-15(16(21)18-6-8-23-9-7-18)19(11-14)17(22)24-12-13-4-2-1-3-5-13/h1-5,15H,6-12H2/t15-/m0/s1. The summed E-state index contributed by atoms with van der Waals surface area (Å²) in [6.45, 7) is 1.96. The van der Waals surface area contributed by atoms with Crippen LogP contribution < -0.4 is 0 Å². The largest absolute Gasteiger partial charge is 0.445 e. The number of rotatable bonds is 3. The van der Waals surface area contributed by atoms with Gasteiger partial charge < -0.3 is 14.4 Å². The van der Waals surface area contributed by atoms with Crippen LogP contribution in [0.1, 0.15) is 12.0 Å². The van der Waals surface area contributed by atoms with Crippen molar-refractivity contribution in [3.8, 4) is 0 Å². The first-order chi connectivity index (χ1) is 11.6. The summed E-state index contributed by atoms with van der Waals surface area (Å²) >= 11 is 0. The second kappa shape index (κ2) is 7.44. The maximum absolute atomic E-state index is 12.6. The van der Waals surface area contributed by atoms with Crippen LogP contribution in [-0.4, -0.2) is 66.5 Å². The number of hydrogen-bond donors (Lipinski definition) is 0. The lowest BCUT2D eigenvalue weighted by molar-refractivity contribution is -0.139. The number of ketones is 1. The van der Waals surface area contributed by atoms with Gasteiger partial charge in [-0.1, -0.05) is 30.3 Å². The molecule has 2 amide bonds. The van der Waals surface area contributed by atoms with Gasteiger partial charge >= 0.3 is 6.09 Å². The van der Waals surface area contributed by atoms with Gasteiger partial charge in [0, 0.05) is 19.5 Å². The van der Waals surface area contributed by atoms with Crippen molar-refractivity contribution in [1.29, 1.82) is 0 Å². The number of Topliss-reactive ketones (excluding diaryl/α,β-unsaturated/α-hetero) is 1. The highest BCUT2D eigenvalue weighted by molar-refractivity contribution is 5.97. The van der Waals surface area contributed by atoms with Gasteiger partial charge in [0.15, 0.2) is 5.78 Å². The Labute approximate surface area is 140 Å². The van der Waals surface area contributed by atoms with Gasteiger partial charge in [-0.15, -0.1) is 0 Å². The molecule has 7 heteroatoms. The van der Waals surface area contributed by atoms with E-state index in [0.29, 0.717) is 26.3 Å². The van der Waals surface area contributed by atoms with Crippen molar-refractivity contribution in [2.45, 2.75) is 19.1 Å². The number of benzene rings is 1. The fourth-order valence-corrected chi connectivity index (χ4v) is 2.90. The summed E-state index contributed by atoms with van der Waals surface area (Å²) in [5.74, 6) is -0.334. The van der Waals surface area contributed by atoms with Crippen molar-refractivity contribution in [2.75, 3.05) is 32.8 Å². The summed E-state index contributed by atoms with van der Waals surface area (Å²) < 4.78 is 10.5. The van der Waals surface area contributed by atoms with Crippen LogP contribution >= 0.6 is 0 Å². The third kappa shape index (κ3) is 3.73. The van der Waals surface area contributed by atoms with Crippen molar-refractivity contribution < 1.29 is 23.9 Å². The Morgan fingerprint density at radius 1 is 1.17 bits per heavy atom. The molecule has 0 aliphatic carbocycles. The lowest BCUT2D eigenvalue weighted by Gasteiger charge is -2.31. The van der Waals surface area contributed by atoms with Crippen molar-refractivity contribution >= 4 is 17.8 Å². The van der Waals surface area contributed by atoms with E-state index in [2.05, 4.69) is 0 Å². The monoisotopic (exact) mass is 332 g/mol. The maximum Gasteiger partial charge on any atom is 0.411 e. The first-order valence-corrected chi connectivity index (χ1v) is 8.00. The van der Waals surface area contributed by atoms with E-state index in [4.69, 9.17) is 9.47 Å². The predicted octanol–water partition coefficient (Wildman–Crippen LogP) is 0.825. The average Bonchev–Trinajstić information content (AvgIpc) is 3.02. The highest BCUT2D eigenvalue weighted by Gasteiger charge is 2.41. The lowest BCUT2D eigenvalue weighted by Crippen LogP contribution is -2.51. The Kier molecular flexibility index (Phi) is 5.10. The van der Waals surface area contributed by atoms with Crippen LogP contribution in [0.25, 0.3) is 0 Å². The van der Waals surface area contributed by atoms with Crippen molar-refractivity contribution in [3.63, 3.8) is 0 Å². The molecule has 0 radical (unpaired) electrons. The zero-order valence-corrected chi connectivity index (χ0v) is 13.3. The number of likely N-dealkylation sites (tertiary alicyclic amines) is 1. The Morgan fingerprint density at radius 3 is 2.58 bits per heavy atom. The van der Waals surface area contributed by atoms with Crippen LogP contribution in [0.5, 0.6) is 0 Å². The average molecular weight is 332 g/mol. The zero-order valence-electron chi connectivity index (χ0n) is 13.3. The van der Waals surface area contributed by atoms with Crippen LogP contribution in [0.3, 0.4) is 0 Å². The molecule has 2 heterocycles. The molecule has 128 valence electrons. The number of carbonyl (C=O) groups is 3. The summed E-state index contributed by atoms with van der Waals surface area (Å²) in [4.78, 5) is 39.6. The molecule has 0 spiro atoms. The molecule has 2 fully saturated rings. The topological polar surface area (TPSA) is 76.2 Å². The van der Waals surface area contributed by atoms with Gasteiger partial charge in [-0.05, 0) is 5.56 Å². The second-order valence-corrected chi connectivity index (χ2v) is 5.86. The molecule has 24 heavy (non-hydrogen) atoms. The number of hydrogen-bond acceptors (Lipinski definition) is 5. The van der Waals surface area contributed by atoms with Gasteiger partial charge in [-0.2, -0.15) is 0 Å². The van der Waals surface area contributed by atoms with Crippen LogP contribution in [0.4, 0.5) is 4.79 Å². The number of ether oxygens (including phenoxy) is 2. The predicted molar refractivity (Wildman–Crippen MR) is 84.1 cm³/mol. The highest BCUT2D eigenvalue weighted by atomic mass is 16.6. The SMILES string of the molecule is O=C1C[C@@H](C(=O)N2CCOCC2)N(C(=O)OCc2ccccc2)C1. The summed E-state index contributed by atoms with van der Waals surface area (Å²) in [5.41, 5.74) is 0.854. The third-order valence-corrected chi connectivity index (χ3v) is 4.19. The summed E-state index contributed by atoms with van der Waals surface area (Å²) in [7, 11) is 0. The molecule has 7 nitrogen and oxygen atoms in total. The van der Waals surface area contributed by atoms with Crippen LogP contribution in [0.15, 0.2) is 30.3 Å². The lowest BCUT2D eigenvalue weighted by atomic mass is 10.2. The Bertz CT molecular complexity index is 613. The van der Waals surface area contributed by atoms with E-state index < -0.39 is 12.1 Å². The number of amides is 2. The van der Waals surface area contributed by atoms with E-state index in [0.717, 1.165) is 5.56 Å². The number of carbonyl (C=O) groups excluding carboxylic acids is 3. The molecule has 1 atom stereocenters. The Balaban J connectivity index is 1.62. The first kappa shape index (κ1) is 16.4. The molecule has 0 unspecified atom stereocenters. The van der Waals surface area contributed by atoms with Crippen LogP contribution in [-0.2, 0) is 25.7 Å². The molecule has 0 aromatic heterocycles. The summed E-state index contributed by atoms with van der Waals surface area (Å²) in [6, 6.07) is 8.51. The minimum absolute atomic E-state index is 0.0522. The molecule has 0 N–H and O–H groups in total. The van der Waals surface area contributed by atoms with E-state index in [1.807, 2.05) is 30.3 Å². The number of morpholine rings is 1. The highest BCUT2D eigenvalue weighted by Crippen LogP contribution is 2.19. The van der Waals surface area contributed by atoms with Gasteiger partial charge in [0.1, 0.15) is 12.6 Å². The molecule has 1 aromatic rings. The van der Waals surface area contributed by atoms with Crippen LogP contribution in [0, 0.1) is 0 Å². The quantitative estimate of drug-likeness (QED) is 0.819. The molecule has 3 rings (SSSR count). The molecular weight excluding hydrogens is 312 g/mol. The van der Waals surface area contributed by atoms with Gasteiger partial charge in [-0.25, -0.2) is 4.79 Å². The van der Waals surface area contributed by atoms with E-state index in [-0.39, 0.29) is 31.3 Å². The van der Waals surface area contributed by atoms with E-state index >= 15 is 0 Å². The normalized spacial score (nSPS) is 21.0. The molecule has 1 aromatic carbocycles. The van der Waals surface area contributed by atoms with Gasteiger partial charge in [0.25, 0.3) is 0 Å². The first-order valence-electron chi connectivity index (χ1n) is 8.00.